The number of halogens is 2. The van der Waals surface area contributed by atoms with Gasteiger partial charge < -0.3 is 17.0 Å². The molecule has 0 amide bonds. The minimum Gasteiger partial charge on any atom is -1.00 e. The van der Waals surface area contributed by atoms with Crippen LogP contribution in [0.2, 0.25) is 5.02 Å². The van der Waals surface area contributed by atoms with Gasteiger partial charge in [0.25, 0.3) is 0 Å². The summed E-state index contributed by atoms with van der Waals surface area (Å²) in [7, 11) is 0. The van der Waals surface area contributed by atoms with Gasteiger partial charge in [0.2, 0.25) is 0 Å². The van der Waals surface area contributed by atoms with Crippen LogP contribution in [0, 0.1) is 6.07 Å². The van der Waals surface area contributed by atoms with Crippen LogP contribution in [0.15, 0.2) is 42.5 Å². The Hall–Kier alpha value is -0.0238. The number of hydrogen-bond donors (Lipinski definition) is 0. The summed E-state index contributed by atoms with van der Waals surface area (Å²) >= 11 is 6.11. The third-order valence-corrected chi connectivity index (χ3v) is 3.08. The average Bonchev–Trinajstić information content (AvgIpc) is 2.33. The molecule has 3 heteroatoms. The van der Waals surface area contributed by atoms with Gasteiger partial charge in [-0.1, -0.05) is 41.8 Å². The first-order valence-electron chi connectivity index (χ1n) is 5.52. The zero-order chi connectivity index (χ0) is 11.4. The molecule has 2 rings (SSSR count). The number of rotatable bonds is 3. The first-order valence-corrected chi connectivity index (χ1v) is 5.89. The van der Waals surface area contributed by atoms with Crippen molar-refractivity contribution in [2.24, 2.45) is 0 Å². The number of benzene rings is 2. The molecule has 0 aliphatic heterocycles. The normalized spacial score (nSPS) is 9.22. The molecule has 0 atom stereocenters. The van der Waals surface area contributed by atoms with E-state index in [9.17, 15) is 0 Å². The SMILES string of the molecule is CCc1ccc(Cc2c[c-]ccc2Cl)cc1.[Br-].[Mg+2]. The second kappa shape index (κ2) is 8.97. The van der Waals surface area contributed by atoms with Crippen molar-refractivity contribution >= 4 is 34.7 Å². The van der Waals surface area contributed by atoms with Crippen LogP contribution in [-0.2, 0) is 12.8 Å². The molecule has 2 aromatic rings. The average molecular weight is 334 g/mol. The fraction of sp³-hybridized carbons (Fsp3) is 0.200. The maximum Gasteiger partial charge on any atom is 2.00 e. The van der Waals surface area contributed by atoms with Crippen molar-refractivity contribution in [2.75, 3.05) is 0 Å². The molecule has 0 radical (unpaired) electrons. The second-order valence-electron chi connectivity index (χ2n) is 3.86. The van der Waals surface area contributed by atoms with E-state index in [2.05, 4.69) is 37.3 Å². The van der Waals surface area contributed by atoms with Gasteiger partial charge in [-0.3, -0.25) is 0 Å². The van der Waals surface area contributed by atoms with Crippen LogP contribution >= 0.6 is 11.6 Å². The number of hydrogen-bond acceptors (Lipinski definition) is 0. The van der Waals surface area contributed by atoms with Crippen LogP contribution in [0.25, 0.3) is 0 Å². The zero-order valence-electron chi connectivity index (χ0n) is 10.4. The molecule has 18 heavy (non-hydrogen) atoms. The Kier molecular flexibility index (Phi) is 8.96. The maximum absolute atomic E-state index is 6.11. The molecule has 0 heterocycles. The van der Waals surface area contributed by atoms with Crippen LogP contribution in [0.5, 0.6) is 0 Å². The molecule has 0 aromatic heterocycles. The Balaban J connectivity index is 0.00000144. The van der Waals surface area contributed by atoms with E-state index < -0.39 is 0 Å². The second-order valence-corrected chi connectivity index (χ2v) is 4.27. The van der Waals surface area contributed by atoms with Gasteiger partial charge >= 0.3 is 23.1 Å². The van der Waals surface area contributed by atoms with Crippen molar-refractivity contribution in [3.63, 3.8) is 0 Å². The molecule has 0 unspecified atom stereocenters. The van der Waals surface area contributed by atoms with Gasteiger partial charge in [-0.05, 0) is 18.4 Å². The maximum atomic E-state index is 6.11. The Bertz CT molecular complexity index is 468. The van der Waals surface area contributed by atoms with Crippen LogP contribution in [-0.4, -0.2) is 23.1 Å². The molecule has 0 bridgehead atoms. The Labute approximate surface area is 141 Å². The number of aryl methyl sites for hydroxylation is 1. The topological polar surface area (TPSA) is 0 Å². The van der Waals surface area contributed by atoms with Gasteiger partial charge in [-0.25, -0.2) is 0 Å². The van der Waals surface area contributed by atoms with Crippen LogP contribution in [0.1, 0.15) is 23.6 Å². The van der Waals surface area contributed by atoms with Crippen molar-refractivity contribution in [3.8, 4) is 0 Å². The smallest absolute Gasteiger partial charge is 1.00 e. The van der Waals surface area contributed by atoms with E-state index in [-0.39, 0.29) is 40.0 Å². The summed E-state index contributed by atoms with van der Waals surface area (Å²) in [5.41, 5.74) is 3.79. The van der Waals surface area contributed by atoms with Crippen molar-refractivity contribution in [1.29, 1.82) is 0 Å². The molecular weight excluding hydrogens is 320 g/mol. The Morgan fingerprint density at radius 2 is 1.67 bits per heavy atom. The zero-order valence-corrected chi connectivity index (χ0v) is 14.2. The van der Waals surface area contributed by atoms with Crippen LogP contribution < -0.4 is 17.0 Å². The summed E-state index contributed by atoms with van der Waals surface area (Å²) < 4.78 is 0. The minimum absolute atomic E-state index is 0. The molecule has 0 aliphatic carbocycles. The van der Waals surface area contributed by atoms with E-state index in [0.29, 0.717) is 0 Å². The van der Waals surface area contributed by atoms with Gasteiger partial charge in [-0.2, -0.15) is 24.3 Å². The third kappa shape index (κ3) is 4.92. The van der Waals surface area contributed by atoms with Gasteiger partial charge in [0, 0.05) is 0 Å². The fourth-order valence-electron chi connectivity index (χ4n) is 1.69. The standard InChI is InChI=1S/C15H14Cl.BrH.Mg/c1-2-12-7-9-13(10-8-12)11-14-5-3-4-6-15(14)16;;/h4-10H,2,11H2,1H3;1H;/q-1;;+2/p-1. The van der Waals surface area contributed by atoms with E-state index >= 15 is 0 Å². The van der Waals surface area contributed by atoms with Gasteiger partial charge in [-0.15, -0.1) is 17.2 Å². The summed E-state index contributed by atoms with van der Waals surface area (Å²) in [5.74, 6) is 0. The predicted octanol–water partition coefficient (Wildman–Crippen LogP) is 0.917. The van der Waals surface area contributed by atoms with Crippen molar-refractivity contribution in [2.45, 2.75) is 19.8 Å². The van der Waals surface area contributed by atoms with E-state index in [0.717, 1.165) is 23.4 Å². The summed E-state index contributed by atoms with van der Waals surface area (Å²) in [6, 6.07) is 17.4. The van der Waals surface area contributed by atoms with Crippen molar-refractivity contribution in [1.82, 2.24) is 0 Å². The molecule has 2 aromatic carbocycles. The van der Waals surface area contributed by atoms with Crippen LogP contribution in [0.4, 0.5) is 0 Å². The largest absolute Gasteiger partial charge is 2.00 e. The summed E-state index contributed by atoms with van der Waals surface area (Å²) in [6.45, 7) is 2.16. The molecule has 0 spiro atoms. The van der Waals surface area contributed by atoms with Crippen molar-refractivity contribution < 1.29 is 17.0 Å². The Morgan fingerprint density at radius 3 is 2.22 bits per heavy atom. The molecule has 0 aliphatic rings. The van der Waals surface area contributed by atoms with Gasteiger partial charge in [0.05, 0.1) is 0 Å². The molecule has 0 nitrogen and oxygen atoms in total. The summed E-state index contributed by atoms with van der Waals surface area (Å²) in [5, 5.41) is 0.818. The van der Waals surface area contributed by atoms with Gasteiger partial charge in [0.15, 0.2) is 0 Å². The third-order valence-electron chi connectivity index (χ3n) is 2.72. The van der Waals surface area contributed by atoms with E-state index in [4.69, 9.17) is 11.6 Å². The molecule has 90 valence electrons. The van der Waals surface area contributed by atoms with E-state index in [1.165, 1.54) is 11.1 Å². The molecular formula is C15H14BrClMg. The first-order chi connectivity index (χ1) is 7.79. The molecule has 0 fully saturated rings. The van der Waals surface area contributed by atoms with Crippen LogP contribution in [0.3, 0.4) is 0 Å². The quantitative estimate of drug-likeness (QED) is 0.579. The van der Waals surface area contributed by atoms with Gasteiger partial charge in [0.1, 0.15) is 0 Å². The van der Waals surface area contributed by atoms with E-state index in [1.807, 2.05) is 18.2 Å². The first kappa shape index (κ1) is 18.0. The fourth-order valence-corrected chi connectivity index (χ4v) is 1.88. The minimum atomic E-state index is 0. The predicted molar refractivity (Wildman–Crippen MR) is 74.7 cm³/mol. The summed E-state index contributed by atoms with van der Waals surface area (Å²) in [6.07, 6.45) is 1.96. The van der Waals surface area contributed by atoms with Crippen molar-refractivity contribution in [3.05, 3.63) is 70.2 Å². The molecule has 0 saturated carbocycles. The summed E-state index contributed by atoms with van der Waals surface area (Å²) in [4.78, 5) is 0. The monoisotopic (exact) mass is 332 g/mol. The van der Waals surface area contributed by atoms with E-state index in [1.54, 1.807) is 0 Å². The molecule has 0 N–H and O–H groups in total. The molecule has 0 saturated heterocycles. The Morgan fingerprint density at radius 1 is 1.06 bits per heavy atom.